The summed E-state index contributed by atoms with van der Waals surface area (Å²) in [6, 6.07) is 11.4. The number of nitrogens with one attached hydrogen (secondary N) is 3. The quantitative estimate of drug-likeness (QED) is 0.165. The van der Waals surface area contributed by atoms with E-state index in [4.69, 9.17) is 16.6 Å². The number of hydrogen-bond donors (Lipinski definition) is 7. The van der Waals surface area contributed by atoms with Gasteiger partial charge in [-0.25, -0.2) is 0 Å². The summed E-state index contributed by atoms with van der Waals surface area (Å²) in [5.74, 6) is -4.16. The second kappa shape index (κ2) is 14.2. The molecule has 2 rings (SSSR count). The number of phenols is 1. The summed E-state index contributed by atoms with van der Waals surface area (Å²) in [4.78, 5) is 60.7. The third-order valence-corrected chi connectivity index (χ3v) is 5.37. The number of amides is 4. The number of benzene rings is 2. The summed E-state index contributed by atoms with van der Waals surface area (Å²) >= 11 is 0. The van der Waals surface area contributed by atoms with E-state index in [0.717, 1.165) is 5.56 Å². The summed E-state index contributed by atoms with van der Waals surface area (Å²) in [5, 5.41) is 25.6. The van der Waals surface area contributed by atoms with Crippen molar-refractivity contribution in [3.05, 3.63) is 65.7 Å². The third-order valence-electron chi connectivity index (χ3n) is 5.37. The van der Waals surface area contributed by atoms with E-state index in [0.29, 0.717) is 5.56 Å². The number of primary amides is 1. The first-order valence-electron chi connectivity index (χ1n) is 11.5. The van der Waals surface area contributed by atoms with Crippen LogP contribution in [0.5, 0.6) is 5.75 Å². The van der Waals surface area contributed by atoms with Crippen molar-refractivity contribution in [3.8, 4) is 5.75 Å². The van der Waals surface area contributed by atoms with Crippen LogP contribution in [0, 0.1) is 0 Å². The van der Waals surface area contributed by atoms with Crippen LogP contribution in [-0.2, 0) is 36.8 Å². The number of carbonyl (C=O) groups is 5. The van der Waals surface area contributed by atoms with Gasteiger partial charge in [0.15, 0.2) is 0 Å². The molecule has 12 nitrogen and oxygen atoms in total. The Morgan fingerprint density at radius 2 is 1.38 bits per heavy atom. The maximum Gasteiger partial charge on any atom is 0.322 e. The molecule has 3 atom stereocenters. The van der Waals surface area contributed by atoms with E-state index in [1.165, 1.54) is 24.3 Å². The molecule has 37 heavy (non-hydrogen) atoms. The Bertz CT molecular complexity index is 1090. The molecular formula is C25H31N5O7. The highest BCUT2D eigenvalue weighted by Crippen LogP contribution is 2.12. The molecule has 4 amide bonds. The number of carboxylic acids is 1. The van der Waals surface area contributed by atoms with Gasteiger partial charge in [-0.1, -0.05) is 42.5 Å². The van der Waals surface area contributed by atoms with Gasteiger partial charge in [0, 0.05) is 12.8 Å². The van der Waals surface area contributed by atoms with Gasteiger partial charge in [-0.15, -0.1) is 0 Å². The van der Waals surface area contributed by atoms with Crippen LogP contribution in [0.3, 0.4) is 0 Å². The van der Waals surface area contributed by atoms with Crippen molar-refractivity contribution < 1.29 is 34.2 Å². The predicted molar refractivity (Wildman–Crippen MR) is 133 cm³/mol. The molecule has 0 aliphatic rings. The number of carboxylic acid groups (broad SMARTS) is 1. The average molecular weight is 514 g/mol. The Morgan fingerprint density at radius 3 is 1.97 bits per heavy atom. The Kier molecular flexibility index (Phi) is 11.0. The van der Waals surface area contributed by atoms with E-state index < -0.39 is 54.3 Å². The maximum atomic E-state index is 13.1. The van der Waals surface area contributed by atoms with Crippen molar-refractivity contribution in [2.45, 2.75) is 43.8 Å². The van der Waals surface area contributed by atoms with Crippen molar-refractivity contribution in [1.29, 1.82) is 0 Å². The van der Waals surface area contributed by atoms with Crippen molar-refractivity contribution in [1.82, 2.24) is 16.0 Å². The standard InChI is InChI=1S/C25H31N5O7/c26-18(12-15-4-2-1-3-5-15)23(35)29-19(10-11-21(27)32)25(37)30-20(24(36)28-14-22(33)34)13-16-6-8-17(31)9-7-16/h1-9,18-20,31H,10-14,26H2,(H2,27,32)(H,28,36)(H,29,35)(H,30,37)(H,33,34). The lowest BCUT2D eigenvalue weighted by molar-refractivity contribution is -0.138. The molecule has 0 saturated carbocycles. The van der Waals surface area contributed by atoms with Crippen molar-refractivity contribution >= 4 is 29.6 Å². The van der Waals surface area contributed by atoms with Gasteiger partial charge in [0.05, 0.1) is 6.04 Å². The minimum atomic E-state index is -1.28. The minimum absolute atomic E-state index is 0.000680. The minimum Gasteiger partial charge on any atom is -0.508 e. The second-order valence-corrected chi connectivity index (χ2v) is 8.41. The summed E-state index contributed by atoms with van der Waals surface area (Å²) in [6.07, 6.45) is -0.201. The van der Waals surface area contributed by atoms with Gasteiger partial charge in [-0.3, -0.25) is 24.0 Å². The van der Waals surface area contributed by atoms with E-state index in [-0.39, 0.29) is 31.4 Å². The fourth-order valence-corrected chi connectivity index (χ4v) is 3.43. The van der Waals surface area contributed by atoms with Gasteiger partial charge in [0.25, 0.3) is 0 Å². The smallest absolute Gasteiger partial charge is 0.322 e. The van der Waals surface area contributed by atoms with Gasteiger partial charge in [0.1, 0.15) is 24.4 Å². The van der Waals surface area contributed by atoms with Crippen molar-refractivity contribution in [2.24, 2.45) is 11.5 Å². The lowest BCUT2D eigenvalue weighted by atomic mass is 10.0. The fraction of sp³-hybridized carbons (Fsp3) is 0.320. The summed E-state index contributed by atoms with van der Waals surface area (Å²) in [6.45, 7) is -0.670. The van der Waals surface area contributed by atoms with E-state index in [9.17, 15) is 29.1 Å². The molecule has 0 heterocycles. The number of aliphatic carboxylic acids is 1. The number of phenolic OH excluding ortho intramolecular Hbond substituents is 1. The highest BCUT2D eigenvalue weighted by atomic mass is 16.4. The Labute approximate surface area is 213 Å². The summed E-state index contributed by atoms with van der Waals surface area (Å²) in [5.41, 5.74) is 12.6. The number of rotatable bonds is 14. The van der Waals surface area contributed by atoms with E-state index in [1.54, 1.807) is 24.3 Å². The average Bonchev–Trinajstić information content (AvgIpc) is 2.86. The zero-order chi connectivity index (χ0) is 27.4. The van der Waals surface area contributed by atoms with Gasteiger partial charge in [-0.05, 0) is 36.1 Å². The molecule has 0 fully saturated rings. The molecule has 2 aromatic rings. The molecule has 12 heteroatoms. The molecule has 0 bridgehead atoms. The highest BCUT2D eigenvalue weighted by molar-refractivity contribution is 5.94. The topological polar surface area (TPSA) is 214 Å². The Hall–Kier alpha value is -4.45. The first-order chi connectivity index (χ1) is 17.5. The number of carbonyl (C=O) groups excluding carboxylic acids is 4. The summed E-state index contributed by atoms with van der Waals surface area (Å²) < 4.78 is 0. The Balaban J connectivity index is 2.16. The van der Waals surface area contributed by atoms with Crippen LogP contribution in [0.4, 0.5) is 0 Å². The molecule has 0 radical (unpaired) electrons. The first kappa shape index (κ1) is 28.8. The van der Waals surface area contributed by atoms with Crippen molar-refractivity contribution in [3.63, 3.8) is 0 Å². The Morgan fingerprint density at radius 1 is 0.784 bits per heavy atom. The lowest BCUT2D eigenvalue weighted by Gasteiger charge is -2.24. The zero-order valence-corrected chi connectivity index (χ0v) is 20.1. The molecule has 0 aromatic heterocycles. The van der Waals surface area contributed by atoms with E-state index in [1.807, 2.05) is 6.07 Å². The fourth-order valence-electron chi connectivity index (χ4n) is 3.43. The van der Waals surface area contributed by atoms with Crippen LogP contribution in [0.1, 0.15) is 24.0 Å². The molecule has 2 aromatic carbocycles. The van der Waals surface area contributed by atoms with Gasteiger partial charge < -0.3 is 37.6 Å². The maximum absolute atomic E-state index is 13.1. The third kappa shape index (κ3) is 10.4. The highest BCUT2D eigenvalue weighted by Gasteiger charge is 2.29. The SMILES string of the molecule is NC(=O)CCC(NC(=O)C(N)Cc1ccccc1)C(=O)NC(Cc1ccc(O)cc1)C(=O)NCC(=O)O. The molecular weight excluding hydrogens is 482 g/mol. The number of nitrogens with two attached hydrogens (primary N) is 2. The van der Waals surface area contributed by atoms with Crippen LogP contribution in [0.15, 0.2) is 54.6 Å². The zero-order valence-electron chi connectivity index (χ0n) is 20.1. The van der Waals surface area contributed by atoms with Crippen LogP contribution in [-0.4, -0.2) is 64.5 Å². The largest absolute Gasteiger partial charge is 0.508 e. The normalized spacial score (nSPS) is 13.0. The van der Waals surface area contributed by atoms with E-state index in [2.05, 4.69) is 16.0 Å². The van der Waals surface area contributed by atoms with Crippen LogP contribution < -0.4 is 27.4 Å². The van der Waals surface area contributed by atoms with Gasteiger partial charge in [-0.2, -0.15) is 0 Å². The first-order valence-corrected chi connectivity index (χ1v) is 11.5. The molecule has 0 aliphatic carbocycles. The van der Waals surface area contributed by atoms with Crippen molar-refractivity contribution in [2.75, 3.05) is 6.54 Å². The van der Waals surface area contributed by atoms with Crippen LogP contribution >= 0.6 is 0 Å². The lowest BCUT2D eigenvalue weighted by Crippen LogP contribution is -2.56. The predicted octanol–water partition coefficient (Wildman–Crippen LogP) is -1.06. The second-order valence-electron chi connectivity index (χ2n) is 8.41. The molecule has 0 spiro atoms. The van der Waals surface area contributed by atoms with Gasteiger partial charge in [0.2, 0.25) is 23.6 Å². The molecule has 198 valence electrons. The molecule has 3 unspecified atom stereocenters. The van der Waals surface area contributed by atoms with E-state index >= 15 is 0 Å². The molecule has 9 N–H and O–H groups in total. The number of hydrogen-bond acceptors (Lipinski definition) is 7. The van der Waals surface area contributed by atoms with Gasteiger partial charge >= 0.3 is 5.97 Å². The molecule has 0 saturated heterocycles. The summed E-state index contributed by atoms with van der Waals surface area (Å²) in [7, 11) is 0. The van der Waals surface area contributed by atoms with Crippen LogP contribution in [0.2, 0.25) is 0 Å². The molecule has 0 aliphatic heterocycles. The number of aromatic hydroxyl groups is 1. The van der Waals surface area contributed by atoms with Crippen LogP contribution in [0.25, 0.3) is 0 Å². The monoisotopic (exact) mass is 513 g/mol.